The smallest absolute Gasteiger partial charge is 0.124 e. The summed E-state index contributed by atoms with van der Waals surface area (Å²) < 4.78 is 7.50. The van der Waals surface area contributed by atoms with Gasteiger partial charge in [0.25, 0.3) is 0 Å². The number of aromatic nitrogens is 2. The molecule has 2 aromatic rings. The lowest BCUT2D eigenvalue weighted by Gasteiger charge is -2.26. The van der Waals surface area contributed by atoms with E-state index in [1.54, 1.807) is 0 Å². The first-order chi connectivity index (χ1) is 9.38. The topological polar surface area (TPSA) is 30.3 Å². The minimum Gasteiger partial charge on any atom is -0.379 e. The van der Waals surface area contributed by atoms with E-state index in [2.05, 4.69) is 21.5 Å². The number of fused-ring (bicyclic) bond motifs is 1. The van der Waals surface area contributed by atoms with Crippen LogP contribution in [0.15, 0.2) is 24.3 Å². The Labute approximate surface area is 113 Å². The molecule has 0 radical (unpaired) electrons. The molecule has 1 fully saturated rings. The highest BCUT2D eigenvalue weighted by Crippen LogP contribution is 2.17. The molecule has 0 unspecified atom stereocenters. The van der Waals surface area contributed by atoms with Gasteiger partial charge in [0.1, 0.15) is 5.82 Å². The molecule has 0 bridgehead atoms. The minimum absolute atomic E-state index is 0.570. The molecule has 4 nitrogen and oxygen atoms in total. The molecule has 0 aliphatic carbocycles. The summed E-state index contributed by atoms with van der Waals surface area (Å²) in [6, 6.07) is 8.14. The second kappa shape index (κ2) is 5.43. The molecule has 3 rings (SSSR count). The number of hydrogen-bond donors (Lipinski definition) is 0. The van der Waals surface area contributed by atoms with Crippen molar-refractivity contribution in [3.63, 3.8) is 0 Å². The molecule has 0 N–H and O–H groups in total. The SMILES string of the molecule is C#CCn1c(CN2CCOCC2)nc2ccccc21. The van der Waals surface area contributed by atoms with E-state index in [0.29, 0.717) is 6.54 Å². The largest absolute Gasteiger partial charge is 0.379 e. The lowest BCUT2D eigenvalue weighted by Crippen LogP contribution is -2.36. The minimum atomic E-state index is 0.570. The molecule has 19 heavy (non-hydrogen) atoms. The van der Waals surface area contributed by atoms with Crippen LogP contribution in [-0.2, 0) is 17.8 Å². The summed E-state index contributed by atoms with van der Waals surface area (Å²) >= 11 is 0. The average molecular weight is 255 g/mol. The number of nitrogens with zero attached hydrogens (tertiary/aromatic N) is 3. The van der Waals surface area contributed by atoms with Crippen LogP contribution in [0.2, 0.25) is 0 Å². The number of rotatable bonds is 3. The van der Waals surface area contributed by atoms with Crippen molar-refractivity contribution in [2.75, 3.05) is 26.3 Å². The molecule has 1 aromatic carbocycles. The summed E-state index contributed by atoms with van der Waals surface area (Å²) in [7, 11) is 0. The van der Waals surface area contributed by atoms with Crippen LogP contribution in [0.25, 0.3) is 11.0 Å². The van der Waals surface area contributed by atoms with Gasteiger partial charge in [0.15, 0.2) is 0 Å². The fourth-order valence-electron chi connectivity index (χ4n) is 2.47. The van der Waals surface area contributed by atoms with E-state index >= 15 is 0 Å². The summed E-state index contributed by atoms with van der Waals surface area (Å²) in [5.74, 6) is 3.76. The van der Waals surface area contributed by atoms with Crippen LogP contribution >= 0.6 is 0 Å². The zero-order chi connectivity index (χ0) is 13.1. The van der Waals surface area contributed by atoms with Crippen molar-refractivity contribution in [1.82, 2.24) is 14.5 Å². The summed E-state index contributed by atoms with van der Waals surface area (Å²) in [6.07, 6.45) is 5.48. The fraction of sp³-hybridized carbons (Fsp3) is 0.400. The van der Waals surface area contributed by atoms with E-state index in [1.165, 1.54) is 0 Å². The van der Waals surface area contributed by atoms with Gasteiger partial charge in [-0.05, 0) is 12.1 Å². The molecule has 1 saturated heterocycles. The molecule has 4 heteroatoms. The van der Waals surface area contributed by atoms with Gasteiger partial charge in [-0.25, -0.2) is 4.98 Å². The predicted octanol–water partition coefficient (Wildman–Crippen LogP) is 1.50. The molecule has 1 aromatic heterocycles. The van der Waals surface area contributed by atoms with Gasteiger partial charge in [-0.3, -0.25) is 4.90 Å². The van der Waals surface area contributed by atoms with Gasteiger partial charge in [0.05, 0.1) is 37.3 Å². The van der Waals surface area contributed by atoms with Crippen molar-refractivity contribution >= 4 is 11.0 Å². The Kier molecular flexibility index (Phi) is 3.49. The van der Waals surface area contributed by atoms with E-state index in [4.69, 9.17) is 16.1 Å². The predicted molar refractivity (Wildman–Crippen MR) is 74.7 cm³/mol. The van der Waals surface area contributed by atoms with Crippen LogP contribution in [-0.4, -0.2) is 40.8 Å². The number of ether oxygens (including phenoxy) is 1. The second-order valence-electron chi connectivity index (χ2n) is 4.70. The highest BCUT2D eigenvalue weighted by atomic mass is 16.5. The third-order valence-corrected chi connectivity index (χ3v) is 3.45. The molecule has 0 amide bonds. The van der Waals surface area contributed by atoms with Gasteiger partial charge in [-0.1, -0.05) is 18.1 Å². The lowest BCUT2D eigenvalue weighted by atomic mass is 10.3. The van der Waals surface area contributed by atoms with E-state index in [9.17, 15) is 0 Å². The van der Waals surface area contributed by atoms with E-state index in [1.807, 2.05) is 18.2 Å². The Morgan fingerprint density at radius 2 is 2.05 bits per heavy atom. The van der Waals surface area contributed by atoms with Gasteiger partial charge in [0.2, 0.25) is 0 Å². The maximum Gasteiger partial charge on any atom is 0.124 e. The zero-order valence-corrected chi connectivity index (χ0v) is 10.9. The number of terminal acetylenes is 1. The molecule has 0 saturated carbocycles. The van der Waals surface area contributed by atoms with Gasteiger partial charge in [-0.2, -0.15) is 0 Å². The highest BCUT2D eigenvalue weighted by Gasteiger charge is 2.15. The quantitative estimate of drug-likeness (QED) is 0.779. The van der Waals surface area contributed by atoms with Gasteiger partial charge < -0.3 is 9.30 Å². The highest BCUT2D eigenvalue weighted by molar-refractivity contribution is 5.76. The first kappa shape index (κ1) is 12.2. The van der Waals surface area contributed by atoms with E-state index < -0.39 is 0 Å². The summed E-state index contributed by atoms with van der Waals surface area (Å²) in [6.45, 7) is 4.92. The maximum atomic E-state index is 5.48. The van der Waals surface area contributed by atoms with Crippen molar-refractivity contribution in [1.29, 1.82) is 0 Å². The lowest BCUT2D eigenvalue weighted by molar-refractivity contribution is 0.0327. The van der Waals surface area contributed by atoms with Crippen molar-refractivity contribution in [3.05, 3.63) is 30.1 Å². The Hall–Kier alpha value is -1.83. The first-order valence-corrected chi connectivity index (χ1v) is 6.56. The molecule has 0 atom stereocenters. The Morgan fingerprint density at radius 3 is 2.84 bits per heavy atom. The van der Waals surface area contributed by atoms with E-state index in [-0.39, 0.29) is 0 Å². The molecular weight excluding hydrogens is 238 g/mol. The normalized spacial score (nSPS) is 16.6. The van der Waals surface area contributed by atoms with Crippen LogP contribution in [0.3, 0.4) is 0 Å². The molecule has 0 spiro atoms. The Bertz CT molecular complexity index is 605. The summed E-state index contributed by atoms with van der Waals surface area (Å²) in [4.78, 5) is 7.07. The van der Waals surface area contributed by atoms with Crippen molar-refractivity contribution in [2.24, 2.45) is 0 Å². The van der Waals surface area contributed by atoms with Crippen LogP contribution < -0.4 is 0 Å². The van der Waals surface area contributed by atoms with Gasteiger partial charge in [-0.15, -0.1) is 6.42 Å². The number of para-hydroxylation sites is 2. The van der Waals surface area contributed by atoms with Gasteiger partial charge >= 0.3 is 0 Å². The maximum absolute atomic E-state index is 5.48. The Morgan fingerprint density at radius 1 is 1.26 bits per heavy atom. The van der Waals surface area contributed by atoms with Crippen LogP contribution in [0.1, 0.15) is 5.82 Å². The number of imidazole rings is 1. The number of morpholine rings is 1. The standard InChI is InChI=1S/C15H17N3O/c1-2-7-18-14-6-4-3-5-13(14)16-15(18)12-17-8-10-19-11-9-17/h1,3-6H,7-12H2. The molecule has 2 heterocycles. The fourth-order valence-corrected chi connectivity index (χ4v) is 2.47. The van der Waals surface area contributed by atoms with Crippen molar-refractivity contribution in [2.45, 2.75) is 13.1 Å². The zero-order valence-electron chi connectivity index (χ0n) is 10.9. The molecular formula is C15H17N3O. The molecule has 1 aliphatic rings. The number of benzene rings is 1. The van der Waals surface area contributed by atoms with Crippen molar-refractivity contribution < 1.29 is 4.74 Å². The third kappa shape index (κ3) is 2.48. The van der Waals surface area contributed by atoms with Crippen molar-refractivity contribution in [3.8, 4) is 12.3 Å². The van der Waals surface area contributed by atoms with Crippen LogP contribution in [0.4, 0.5) is 0 Å². The second-order valence-corrected chi connectivity index (χ2v) is 4.70. The van der Waals surface area contributed by atoms with Crippen LogP contribution in [0, 0.1) is 12.3 Å². The Balaban J connectivity index is 1.92. The summed E-state index contributed by atoms with van der Waals surface area (Å²) in [5.41, 5.74) is 2.13. The monoisotopic (exact) mass is 255 g/mol. The number of hydrogen-bond acceptors (Lipinski definition) is 3. The molecule has 98 valence electrons. The molecule has 1 aliphatic heterocycles. The van der Waals surface area contributed by atoms with Gasteiger partial charge in [0, 0.05) is 13.1 Å². The summed E-state index contributed by atoms with van der Waals surface area (Å²) in [5, 5.41) is 0. The van der Waals surface area contributed by atoms with E-state index in [0.717, 1.165) is 49.7 Å². The third-order valence-electron chi connectivity index (χ3n) is 3.45. The first-order valence-electron chi connectivity index (χ1n) is 6.56. The van der Waals surface area contributed by atoms with Crippen LogP contribution in [0.5, 0.6) is 0 Å². The average Bonchev–Trinajstić information content (AvgIpc) is 2.79.